The highest BCUT2D eigenvalue weighted by Gasteiger charge is 2.26. The number of anilines is 1. The van der Waals surface area contributed by atoms with Crippen LogP contribution in [0.5, 0.6) is 0 Å². The first-order valence-electron chi connectivity index (χ1n) is 8.47. The molecule has 0 saturated carbocycles. The van der Waals surface area contributed by atoms with Gasteiger partial charge in [0.25, 0.3) is 5.91 Å². The molecule has 1 aromatic heterocycles. The first-order valence-corrected chi connectivity index (χ1v) is 10.9. The van der Waals surface area contributed by atoms with Crippen molar-refractivity contribution >= 4 is 38.7 Å². The Kier molecular flexibility index (Phi) is 6.09. The number of aryl methyl sites for hydroxylation is 1. The van der Waals surface area contributed by atoms with E-state index in [2.05, 4.69) is 5.32 Å². The number of hydrogen-bond acceptors (Lipinski definition) is 6. The van der Waals surface area contributed by atoms with E-state index in [0.717, 1.165) is 43.4 Å². The molecule has 0 saturated heterocycles. The van der Waals surface area contributed by atoms with Crippen LogP contribution in [-0.4, -0.2) is 32.7 Å². The number of rotatable bonds is 6. The summed E-state index contributed by atoms with van der Waals surface area (Å²) in [6.07, 6.45) is 3.89. The van der Waals surface area contributed by atoms with Crippen LogP contribution in [0.4, 0.5) is 14.5 Å². The Hall–Kier alpha value is -2.33. The highest BCUT2D eigenvalue weighted by Crippen LogP contribution is 2.30. The number of benzene rings is 1. The lowest BCUT2D eigenvalue weighted by molar-refractivity contribution is -0.119. The maximum absolute atomic E-state index is 12.5. The van der Waals surface area contributed by atoms with Gasteiger partial charge in [-0.2, -0.15) is 8.78 Å². The number of thiophene rings is 1. The predicted octanol–water partition coefficient (Wildman–Crippen LogP) is 3.42. The number of alkyl halides is 2. The molecule has 1 aliphatic rings. The van der Waals surface area contributed by atoms with E-state index < -0.39 is 39.0 Å². The van der Waals surface area contributed by atoms with Crippen molar-refractivity contribution in [3.05, 3.63) is 45.6 Å². The zero-order chi connectivity index (χ0) is 20.3. The molecule has 1 aliphatic carbocycles. The Morgan fingerprint density at radius 2 is 1.82 bits per heavy atom. The van der Waals surface area contributed by atoms with Crippen molar-refractivity contribution in [3.8, 4) is 0 Å². The van der Waals surface area contributed by atoms with Crippen LogP contribution >= 0.6 is 11.3 Å². The van der Waals surface area contributed by atoms with Gasteiger partial charge in [-0.3, -0.25) is 4.79 Å². The van der Waals surface area contributed by atoms with Gasteiger partial charge in [0.15, 0.2) is 6.61 Å². The van der Waals surface area contributed by atoms with Gasteiger partial charge in [0.2, 0.25) is 9.84 Å². The molecule has 0 radical (unpaired) electrons. The van der Waals surface area contributed by atoms with Crippen LogP contribution in [-0.2, 0) is 32.2 Å². The second-order valence-corrected chi connectivity index (χ2v) is 9.09. The summed E-state index contributed by atoms with van der Waals surface area (Å²) >= 11 is 1.52. The van der Waals surface area contributed by atoms with Gasteiger partial charge in [0.1, 0.15) is 0 Å². The van der Waals surface area contributed by atoms with E-state index in [-0.39, 0.29) is 5.69 Å². The van der Waals surface area contributed by atoms with E-state index in [1.54, 1.807) is 5.38 Å². The molecule has 0 aliphatic heterocycles. The van der Waals surface area contributed by atoms with Gasteiger partial charge in [0.05, 0.1) is 10.5 Å². The summed E-state index contributed by atoms with van der Waals surface area (Å²) < 4.78 is 52.8. The Labute approximate surface area is 164 Å². The smallest absolute Gasteiger partial charge is 0.341 e. The number of fused-ring (bicyclic) bond motifs is 1. The fourth-order valence-corrected chi connectivity index (χ4v) is 4.74. The van der Waals surface area contributed by atoms with Gasteiger partial charge in [-0.15, -0.1) is 11.3 Å². The van der Waals surface area contributed by atoms with Crippen LogP contribution in [0.25, 0.3) is 0 Å². The molecule has 1 N–H and O–H groups in total. The van der Waals surface area contributed by atoms with Crippen molar-refractivity contribution in [1.29, 1.82) is 0 Å². The van der Waals surface area contributed by atoms with E-state index in [1.807, 2.05) is 0 Å². The van der Waals surface area contributed by atoms with Crippen molar-refractivity contribution in [2.75, 3.05) is 11.9 Å². The highest BCUT2D eigenvalue weighted by atomic mass is 32.2. The van der Waals surface area contributed by atoms with Crippen molar-refractivity contribution in [2.24, 2.45) is 0 Å². The molecular formula is C18H17F2NO5S2. The maximum atomic E-state index is 12.5. The molecule has 0 spiro atoms. The van der Waals surface area contributed by atoms with E-state index in [9.17, 15) is 26.8 Å². The summed E-state index contributed by atoms with van der Waals surface area (Å²) in [5.41, 5.74) is 1.69. The van der Waals surface area contributed by atoms with E-state index in [0.29, 0.717) is 5.56 Å². The lowest BCUT2D eigenvalue weighted by Gasteiger charge is -2.12. The molecular weight excluding hydrogens is 412 g/mol. The van der Waals surface area contributed by atoms with Gasteiger partial charge in [-0.05, 0) is 55.5 Å². The molecule has 0 bridgehead atoms. The summed E-state index contributed by atoms with van der Waals surface area (Å²) in [5.74, 6) is -4.70. The average molecular weight is 429 g/mol. The molecule has 10 heteroatoms. The fraction of sp³-hybridized carbons (Fsp3) is 0.333. The number of nitrogens with one attached hydrogen (secondary N) is 1. The van der Waals surface area contributed by atoms with Crippen LogP contribution < -0.4 is 5.32 Å². The van der Waals surface area contributed by atoms with E-state index in [4.69, 9.17) is 4.74 Å². The van der Waals surface area contributed by atoms with E-state index in [1.165, 1.54) is 28.3 Å². The SMILES string of the molecule is O=C(COC(=O)c1csc2c1CCCC2)Nc1ccc(S(=O)(=O)C(F)F)cc1. The number of sulfone groups is 1. The molecule has 1 amide bonds. The third kappa shape index (κ3) is 4.39. The number of hydrogen-bond donors (Lipinski definition) is 1. The summed E-state index contributed by atoms with van der Waals surface area (Å²) in [6.45, 7) is -0.513. The number of halogens is 2. The highest BCUT2D eigenvalue weighted by molar-refractivity contribution is 7.91. The zero-order valence-corrected chi connectivity index (χ0v) is 16.2. The molecule has 0 atom stereocenters. The number of amides is 1. The molecule has 0 unspecified atom stereocenters. The summed E-state index contributed by atoms with van der Waals surface area (Å²) in [7, 11) is -4.69. The lowest BCUT2D eigenvalue weighted by atomic mass is 9.96. The maximum Gasteiger partial charge on any atom is 0.341 e. The van der Waals surface area contributed by atoms with E-state index >= 15 is 0 Å². The third-order valence-electron chi connectivity index (χ3n) is 4.32. The summed E-state index contributed by atoms with van der Waals surface area (Å²) in [4.78, 5) is 24.8. The van der Waals surface area contributed by atoms with Crippen LogP contribution in [0.15, 0.2) is 34.5 Å². The molecule has 3 rings (SSSR count). The standard InChI is InChI=1S/C18H17F2NO5S2/c19-18(20)28(24,25)12-7-5-11(6-8-12)21-16(22)9-26-17(23)14-10-27-15-4-2-1-3-13(14)15/h5-8,10,18H,1-4,9H2,(H,21,22). The number of esters is 1. The van der Waals surface area contributed by atoms with Crippen LogP contribution in [0.1, 0.15) is 33.6 Å². The monoisotopic (exact) mass is 429 g/mol. The quantitative estimate of drug-likeness (QED) is 0.711. The molecule has 28 heavy (non-hydrogen) atoms. The van der Waals surface area contributed by atoms with Crippen molar-refractivity contribution in [3.63, 3.8) is 0 Å². The first kappa shape index (κ1) is 20.4. The van der Waals surface area contributed by atoms with Gasteiger partial charge in [0, 0.05) is 15.9 Å². The average Bonchev–Trinajstić information content (AvgIpc) is 3.10. The topological polar surface area (TPSA) is 89.5 Å². The second kappa shape index (κ2) is 8.36. The van der Waals surface area contributed by atoms with Crippen LogP contribution in [0.3, 0.4) is 0 Å². The third-order valence-corrected chi connectivity index (χ3v) is 6.80. The molecule has 1 aromatic carbocycles. The van der Waals surface area contributed by atoms with Gasteiger partial charge >= 0.3 is 11.7 Å². The van der Waals surface area contributed by atoms with Gasteiger partial charge in [-0.1, -0.05) is 0 Å². The Balaban J connectivity index is 1.56. The second-order valence-electron chi connectivity index (χ2n) is 6.21. The Morgan fingerprint density at radius 1 is 1.14 bits per heavy atom. The number of carbonyl (C=O) groups excluding carboxylic acids is 2. The molecule has 1 heterocycles. The van der Waals surface area contributed by atoms with Gasteiger partial charge in [-0.25, -0.2) is 13.2 Å². The zero-order valence-electron chi connectivity index (χ0n) is 14.6. The van der Waals surface area contributed by atoms with Crippen LogP contribution in [0, 0.1) is 0 Å². The van der Waals surface area contributed by atoms with Crippen molar-refractivity contribution < 1.29 is 31.5 Å². The minimum absolute atomic E-state index is 0.196. The largest absolute Gasteiger partial charge is 0.452 e. The van der Waals surface area contributed by atoms with Crippen molar-refractivity contribution in [2.45, 2.75) is 36.3 Å². The minimum atomic E-state index is -4.69. The van der Waals surface area contributed by atoms with Gasteiger partial charge < -0.3 is 10.1 Å². The molecule has 150 valence electrons. The Morgan fingerprint density at radius 3 is 2.50 bits per heavy atom. The fourth-order valence-electron chi connectivity index (χ4n) is 2.90. The summed E-state index contributed by atoms with van der Waals surface area (Å²) in [6, 6.07) is 4.32. The number of ether oxygens (including phenoxy) is 1. The molecule has 2 aromatic rings. The summed E-state index contributed by atoms with van der Waals surface area (Å²) in [5, 5.41) is 4.17. The predicted molar refractivity (Wildman–Crippen MR) is 99.5 cm³/mol. The first-order chi connectivity index (χ1) is 13.3. The minimum Gasteiger partial charge on any atom is -0.452 e. The number of carbonyl (C=O) groups is 2. The Bertz CT molecular complexity index is 984. The molecule has 6 nitrogen and oxygen atoms in total. The lowest BCUT2D eigenvalue weighted by Crippen LogP contribution is -2.21. The normalized spacial score (nSPS) is 13.8. The van der Waals surface area contributed by atoms with Crippen LogP contribution in [0.2, 0.25) is 0 Å². The molecule has 0 fully saturated rings. The van der Waals surface area contributed by atoms with Crippen molar-refractivity contribution in [1.82, 2.24) is 0 Å².